The minimum atomic E-state index is -4.09. The first-order chi connectivity index (χ1) is 7.75. The number of sulfonamides is 1. The lowest BCUT2D eigenvalue weighted by molar-refractivity contribution is 0.0691. The summed E-state index contributed by atoms with van der Waals surface area (Å²) < 4.78 is 47.9. The fraction of sp³-hybridized carbons (Fsp3) is 0.375. The zero-order valence-electron chi connectivity index (χ0n) is 8.72. The third-order valence-electron chi connectivity index (χ3n) is 1.99. The molecule has 0 bridgehead atoms. The van der Waals surface area contributed by atoms with Gasteiger partial charge in [0.15, 0.2) is 0 Å². The summed E-state index contributed by atoms with van der Waals surface area (Å²) >= 11 is 0. The van der Waals surface area contributed by atoms with Crippen molar-refractivity contribution in [3.05, 3.63) is 18.0 Å². The third-order valence-corrected chi connectivity index (χ3v) is 3.79. The second-order valence-electron chi connectivity index (χ2n) is 3.23. The van der Waals surface area contributed by atoms with Crippen LogP contribution < -0.4 is 0 Å². The second kappa shape index (κ2) is 4.80. The zero-order valence-corrected chi connectivity index (χ0v) is 9.54. The molecule has 1 aromatic heterocycles. The maximum Gasteiger partial charge on any atom is 0.352 e. The van der Waals surface area contributed by atoms with E-state index >= 15 is 0 Å². The fourth-order valence-electron chi connectivity index (χ4n) is 1.12. The van der Waals surface area contributed by atoms with E-state index in [2.05, 4.69) is 4.98 Å². The number of aromatic carboxylic acids is 1. The number of H-pyrrole nitrogens is 1. The summed E-state index contributed by atoms with van der Waals surface area (Å²) in [5.74, 6) is -1.33. The lowest BCUT2D eigenvalue weighted by Crippen LogP contribution is -2.31. The number of nitrogens with one attached hydrogen (secondary N) is 1. The van der Waals surface area contributed by atoms with Crippen LogP contribution in [-0.2, 0) is 10.0 Å². The second-order valence-corrected chi connectivity index (χ2v) is 5.28. The Balaban J connectivity index is 3.00. The molecule has 0 fully saturated rings. The summed E-state index contributed by atoms with van der Waals surface area (Å²) in [7, 11) is -3.09. The lowest BCUT2D eigenvalue weighted by Gasteiger charge is -2.15. The Bertz CT molecular complexity index is 511. The fourth-order valence-corrected chi connectivity index (χ4v) is 2.26. The van der Waals surface area contributed by atoms with Gasteiger partial charge in [-0.05, 0) is 6.07 Å². The van der Waals surface area contributed by atoms with E-state index in [4.69, 9.17) is 5.11 Å². The molecule has 0 aromatic carbocycles. The Labute approximate surface area is 95.9 Å². The van der Waals surface area contributed by atoms with E-state index in [9.17, 15) is 22.0 Å². The smallest absolute Gasteiger partial charge is 0.352 e. The summed E-state index contributed by atoms with van der Waals surface area (Å²) in [6.45, 7) is -0.948. The van der Waals surface area contributed by atoms with E-state index in [-0.39, 0.29) is 10.6 Å². The molecule has 0 saturated heterocycles. The van der Waals surface area contributed by atoms with Crippen molar-refractivity contribution in [2.75, 3.05) is 13.6 Å². The van der Waals surface area contributed by atoms with Crippen molar-refractivity contribution in [1.82, 2.24) is 9.29 Å². The molecule has 0 aliphatic rings. The number of hydrogen-bond acceptors (Lipinski definition) is 3. The summed E-state index contributed by atoms with van der Waals surface area (Å²) in [5.41, 5.74) is -0.325. The predicted molar refractivity (Wildman–Crippen MR) is 53.6 cm³/mol. The molecular formula is C8H10F2N2O4S. The molecule has 0 atom stereocenters. The van der Waals surface area contributed by atoms with Crippen LogP contribution in [0.5, 0.6) is 0 Å². The summed E-state index contributed by atoms with van der Waals surface area (Å²) in [6, 6.07) is 0.875. The molecule has 1 heterocycles. The van der Waals surface area contributed by atoms with Gasteiger partial charge in [0.1, 0.15) is 10.6 Å². The number of carboxylic acid groups (broad SMARTS) is 1. The van der Waals surface area contributed by atoms with Crippen molar-refractivity contribution in [2.24, 2.45) is 0 Å². The van der Waals surface area contributed by atoms with Gasteiger partial charge in [-0.15, -0.1) is 0 Å². The quantitative estimate of drug-likeness (QED) is 0.818. The molecule has 0 saturated carbocycles. The first-order valence-electron chi connectivity index (χ1n) is 4.41. The van der Waals surface area contributed by atoms with Crippen molar-refractivity contribution in [3.63, 3.8) is 0 Å². The molecule has 0 amide bonds. The van der Waals surface area contributed by atoms with E-state index < -0.39 is 29.0 Å². The monoisotopic (exact) mass is 268 g/mol. The maximum absolute atomic E-state index is 12.1. The molecule has 0 aliphatic carbocycles. The molecule has 96 valence electrons. The molecule has 17 heavy (non-hydrogen) atoms. The predicted octanol–water partition coefficient (Wildman–Crippen LogP) is 0.599. The van der Waals surface area contributed by atoms with Crippen LogP contribution in [0.25, 0.3) is 0 Å². The Hall–Kier alpha value is -1.48. The summed E-state index contributed by atoms with van der Waals surface area (Å²) in [4.78, 5) is 12.4. The van der Waals surface area contributed by atoms with Crippen LogP contribution in [0.3, 0.4) is 0 Å². The van der Waals surface area contributed by atoms with Gasteiger partial charge >= 0.3 is 5.97 Å². The highest BCUT2D eigenvalue weighted by Gasteiger charge is 2.25. The number of hydrogen-bond donors (Lipinski definition) is 2. The maximum atomic E-state index is 12.1. The minimum absolute atomic E-state index is 0.325. The average Bonchev–Trinajstić information content (AvgIpc) is 2.65. The van der Waals surface area contributed by atoms with Gasteiger partial charge in [0.05, 0.1) is 6.54 Å². The summed E-state index contributed by atoms with van der Waals surface area (Å²) in [5, 5.41) is 8.59. The Kier molecular flexibility index (Phi) is 3.83. The van der Waals surface area contributed by atoms with Crippen LogP contribution in [0.2, 0.25) is 0 Å². The largest absolute Gasteiger partial charge is 0.477 e. The van der Waals surface area contributed by atoms with Crippen LogP contribution in [0, 0.1) is 0 Å². The van der Waals surface area contributed by atoms with Crippen molar-refractivity contribution >= 4 is 16.0 Å². The van der Waals surface area contributed by atoms with E-state index in [1.807, 2.05) is 0 Å². The highest BCUT2D eigenvalue weighted by atomic mass is 32.2. The SMILES string of the molecule is CN(CC(F)F)S(=O)(=O)c1c[nH]c(C(=O)O)c1. The summed E-state index contributed by atoms with van der Waals surface area (Å²) in [6.07, 6.45) is -1.85. The van der Waals surface area contributed by atoms with Crippen LogP contribution in [0.4, 0.5) is 8.78 Å². The number of alkyl halides is 2. The van der Waals surface area contributed by atoms with Crippen molar-refractivity contribution < 1.29 is 27.1 Å². The molecule has 0 aliphatic heterocycles. The van der Waals surface area contributed by atoms with Crippen LogP contribution >= 0.6 is 0 Å². The van der Waals surface area contributed by atoms with Gasteiger partial charge in [0.25, 0.3) is 6.43 Å². The van der Waals surface area contributed by atoms with Gasteiger partial charge < -0.3 is 10.1 Å². The molecular weight excluding hydrogens is 258 g/mol. The molecule has 6 nitrogen and oxygen atoms in total. The highest BCUT2D eigenvalue weighted by molar-refractivity contribution is 7.89. The minimum Gasteiger partial charge on any atom is -0.477 e. The van der Waals surface area contributed by atoms with Gasteiger partial charge in [0, 0.05) is 13.2 Å². The van der Waals surface area contributed by atoms with Gasteiger partial charge in [0.2, 0.25) is 10.0 Å². The Morgan fingerprint density at radius 2 is 2.18 bits per heavy atom. The number of nitrogens with zero attached hydrogens (tertiary/aromatic N) is 1. The molecule has 2 N–H and O–H groups in total. The first kappa shape index (κ1) is 13.6. The topological polar surface area (TPSA) is 90.5 Å². The molecule has 1 aromatic rings. The number of carbonyl (C=O) groups is 1. The van der Waals surface area contributed by atoms with Gasteiger partial charge in [-0.25, -0.2) is 22.0 Å². The standard InChI is InChI=1S/C8H10F2N2O4S/c1-12(4-7(9)10)17(15,16)5-2-6(8(13)14)11-3-5/h2-3,7,11H,4H2,1H3,(H,13,14). The van der Waals surface area contributed by atoms with Crippen molar-refractivity contribution in [2.45, 2.75) is 11.3 Å². The Morgan fingerprint density at radius 3 is 2.59 bits per heavy atom. The normalized spacial score (nSPS) is 12.3. The molecule has 1 rings (SSSR count). The van der Waals surface area contributed by atoms with Gasteiger partial charge in [-0.3, -0.25) is 0 Å². The molecule has 9 heteroatoms. The number of halogens is 2. The van der Waals surface area contributed by atoms with Crippen LogP contribution in [0.1, 0.15) is 10.5 Å². The van der Waals surface area contributed by atoms with Gasteiger partial charge in [-0.2, -0.15) is 4.31 Å². The van der Waals surface area contributed by atoms with E-state index in [1.54, 1.807) is 0 Å². The third kappa shape index (κ3) is 3.01. The van der Waals surface area contributed by atoms with Crippen molar-refractivity contribution in [3.8, 4) is 0 Å². The number of rotatable bonds is 5. The molecule has 0 unspecified atom stereocenters. The molecule has 0 radical (unpaired) electrons. The zero-order chi connectivity index (χ0) is 13.2. The number of aromatic nitrogens is 1. The Morgan fingerprint density at radius 1 is 1.59 bits per heavy atom. The van der Waals surface area contributed by atoms with Crippen molar-refractivity contribution in [1.29, 1.82) is 0 Å². The number of aromatic amines is 1. The van der Waals surface area contributed by atoms with Crippen LogP contribution in [0.15, 0.2) is 17.2 Å². The molecule has 0 spiro atoms. The van der Waals surface area contributed by atoms with Crippen LogP contribution in [-0.4, -0.2) is 48.8 Å². The lowest BCUT2D eigenvalue weighted by atomic mass is 10.4. The number of carboxylic acids is 1. The van der Waals surface area contributed by atoms with Gasteiger partial charge in [-0.1, -0.05) is 0 Å². The van der Waals surface area contributed by atoms with E-state index in [1.165, 1.54) is 0 Å². The first-order valence-corrected chi connectivity index (χ1v) is 5.85. The van der Waals surface area contributed by atoms with E-state index in [0.717, 1.165) is 19.3 Å². The average molecular weight is 268 g/mol. The highest BCUT2D eigenvalue weighted by Crippen LogP contribution is 2.16. The van der Waals surface area contributed by atoms with E-state index in [0.29, 0.717) is 4.31 Å².